The molecule has 9 heteroatoms. The zero-order valence-electron chi connectivity index (χ0n) is 13.1. The minimum absolute atomic E-state index is 0.144. The monoisotopic (exact) mass is 342 g/mol. The zero-order valence-corrected chi connectivity index (χ0v) is 13.1. The van der Waals surface area contributed by atoms with Gasteiger partial charge in [-0.3, -0.25) is 19.6 Å². The fourth-order valence-corrected chi connectivity index (χ4v) is 2.62. The Kier molecular flexibility index (Phi) is 4.21. The van der Waals surface area contributed by atoms with Crippen molar-refractivity contribution in [3.63, 3.8) is 0 Å². The molecule has 0 aliphatic carbocycles. The maximum absolute atomic E-state index is 12.3. The smallest absolute Gasteiger partial charge is 0.325 e. The van der Waals surface area contributed by atoms with Crippen LogP contribution in [0.15, 0.2) is 55.8 Å². The molecule has 0 radical (unpaired) electrons. The van der Waals surface area contributed by atoms with Gasteiger partial charge in [-0.25, -0.2) is 9.59 Å². The van der Waals surface area contributed by atoms with Crippen molar-refractivity contribution in [3.8, 4) is 5.75 Å². The van der Waals surface area contributed by atoms with E-state index in [1.165, 1.54) is 19.5 Å². The van der Waals surface area contributed by atoms with Crippen molar-refractivity contribution < 1.29 is 4.74 Å². The molecule has 9 nitrogen and oxygen atoms in total. The Morgan fingerprint density at radius 3 is 1.92 bits per heavy atom. The van der Waals surface area contributed by atoms with Crippen molar-refractivity contribution in [1.29, 1.82) is 0 Å². The van der Waals surface area contributed by atoms with Crippen LogP contribution in [0.2, 0.25) is 0 Å². The second-order valence-corrected chi connectivity index (χ2v) is 5.26. The standard InChI is InChI=1S/C16H14N4O5/c1-25-9-4-2-3-8(5-9)12(10-6-17-15(23)19-13(10)21)11-7-18-16(24)20-14(11)22/h2-7,12H,1H3,(H2,17,19,21,23)(H2,18,20,22,24). The van der Waals surface area contributed by atoms with Crippen LogP contribution in [0.4, 0.5) is 0 Å². The lowest BCUT2D eigenvalue weighted by molar-refractivity contribution is 0.414. The number of methoxy groups -OCH3 is 1. The Balaban J connectivity index is 2.31. The van der Waals surface area contributed by atoms with Crippen LogP contribution in [0, 0.1) is 0 Å². The van der Waals surface area contributed by atoms with Gasteiger partial charge in [-0.1, -0.05) is 12.1 Å². The van der Waals surface area contributed by atoms with E-state index in [-0.39, 0.29) is 11.1 Å². The third-order valence-electron chi connectivity index (χ3n) is 3.75. The van der Waals surface area contributed by atoms with Gasteiger partial charge < -0.3 is 14.7 Å². The summed E-state index contributed by atoms with van der Waals surface area (Å²) in [5, 5.41) is 0. The number of aromatic nitrogens is 4. The molecule has 0 fully saturated rings. The minimum Gasteiger partial charge on any atom is -0.497 e. The van der Waals surface area contributed by atoms with Crippen molar-refractivity contribution >= 4 is 0 Å². The number of benzene rings is 1. The summed E-state index contributed by atoms with van der Waals surface area (Å²) in [6, 6.07) is 6.80. The molecule has 0 bridgehead atoms. The molecule has 0 aliphatic rings. The molecule has 128 valence electrons. The van der Waals surface area contributed by atoms with Crippen LogP contribution < -0.4 is 27.2 Å². The van der Waals surface area contributed by atoms with Gasteiger partial charge in [-0.05, 0) is 17.7 Å². The molecule has 3 aromatic rings. The molecule has 3 rings (SSSR count). The number of rotatable bonds is 4. The van der Waals surface area contributed by atoms with Gasteiger partial charge >= 0.3 is 11.4 Å². The van der Waals surface area contributed by atoms with Gasteiger partial charge in [0, 0.05) is 29.4 Å². The average Bonchev–Trinajstić information content (AvgIpc) is 2.59. The van der Waals surface area contributed by atoms with Crippen LogP contribution in [0.3, 0.4) is 0 Å². The Bertz CT molecular complexity index is 1070. The van der Waals surface area contributed by atoms with E-state index < -0.39 is 28.4 Å². The molecular formula is C16H14N4O5. The number of hydrogen-bond acceptors (Lipinski definition) is 5. The van der Waals surface area contributed by atoms with E-state index in [0.29, 0.717) is 11.3 Å². The Morgan fingerprint density at radius 1 is 0.880 bits per heavy atom. The largest absolute Gasteiger partial charge is 0.497 e. The quantitative estimate of drug-likeness (QED) is 0.512. The Hall–Kier alpha value is -3.62. The molecule has 0 atom stereocenters. The highest BCUT2D eigenvalue weighted by atomic mass is 16.5. The molecule has 25 heavy (non-hydrogen) atoms. The molecular weight excluding hydrogens is 328 g/mol. The summed E-state index contributed by atoms with van der Waals surface area (Å²) in [6.07, 6.45) is 2.49. The summed E-state index contributed by atoms with van der Waals surface area (Å²) in [5.74, 6) is -0.291. The lowest BCUT2D eigenvalue weighted by Gasteiger charge is -2.17. The average molecular weight is 342 g/mol. The van der Waals surface area contributed by atoms with Gasteiger partial charge in [0.05, 0.1) is 7.11 Å². The molecule has 0 saturated carbocycles. The highest BCUT2D eigenvalue weighted by Gasteiger charge is 2.23. The number of ether oxygens (including phenoxy) is 1. The summed E-state index contributed by atoms with van der Waals surface area (Å²) >= 11 is 0. The molecule has 1 aromatic carbocycles. The number of aromatic amines is 4. The Morgan fingerprint density at radius 2 is 1.44 bits per heavy atom. The number of hydrogen-bond donors (Lipinski definition) is 4. The van der Waals surface area contributed by atoms with Crippen molar-refractivity contribution in [1.82, 2.24) is 19.9 Å². The predicted octanol–water partition coefficient (Wildman–Crippen LogP) is -0.371. The molecule has 0 amide bonds. The maximum atomic E-state index is 12.3. The first-order valence-corrected chi connectivity index (χ1v) is 7.27. The molecule has 0 aliphatic heterocycles. The SMILES string of the molecule is COc1cccc(C(c2c[nH]c(=O)[nH]c2=O)c2c[nH]c(=O)[nH]c2=O)c1. The van der Waals surface area contributed by atoms with Gasteiger partial charge in [0.2, 0.25) is 0 Å². The van der Waals surface area contributed by atoms with E-state index in [2.05, 4.69) is 19.9 Å². The van der Waals surface area contributed by atoms with Crippen LogP contribution in [0.25, 0.3) is 0 Å². The normalized spacial score (nSPS) is 10.8. The summed E-state index contributed by atoms with van der Waals surface area (Å²) in [5.41, 5.74) is -1.73. The van der Waals surface area contributed by atoms with Crippen molar-refractivity contribution in [3.05, 3.63) is 95.0 Å². The van der Waals surface area contributed by atoms with E-state index in [9.17, 15) is 19.2 Å². The van der Waals surface area contributed by atoms with E-state index >= 15 is 0 Å². The first-order valence-electron chi connectivity index (χ1n) is 7.27. The highest BCUT2D eigenvalue weighted by Crippen LogP contribution is 2.29. The number of H-pyrrole nitrogens is 4. The van der Waals surface area contributed by atoms with Gasteiger partial charge in [0.25, 0.3) is 11.1 Å². The fraction of sp³-hybridized carbons (Fsp3) is 0.125. The third-order valence-corrected chi connectivity index (χ3v) is 3.75. The predicted molar refractivity (Wildman–Crippen MR) is 89.3 cm³/mol. The lowest BCUT2D eigenvalue weighted by atomic mass is 9.87. The van der Waals surface area contributed by atoms with Crippen LogP contribution in [0.5, 0.6) is 5.75 Å². The first kappa shape index (κ1) is 16.2. The van der Waals surface area contributed by atoms with Crippen molar-refractivity contribution in [2.75, 3.05) is 7.11 Å². The fourth-order valence-electron chi connectivity index (χ4n) is 2.62. The highest BCUT2D eigenvalue weighted by molar-refractivity contribution is 5.42. The second kappa shape index (κ2) is 6.48. The van der Waals surface area contributed by atoms with Gasteiger partial charge in [0.15, 0.2) is 0 Å². The van der Waals surface area contributed by atoms with Gasteiger partial charge in [-0.15, -0.1) is 0 Å². The van der Waals surface area contributed by atoms with Gasteiger partial charge in [0.1, 0.15) is 5.75 Å². The molecule has 0 unspecified atom stereocenters. The maximum Gasteiger partial charge on any atom is 0.325 e. The first-order chi connectivity index (χ1) is 12.0. The van der Waals surface area contributed by atoms with E-state index in [0.717, 1.165) is 0 Å². The summed E-state index contributed by atoms with van der Waals surface area (Å²) in [6.45, 7) is 0. The Labute approximate surface area is 139 Å². The molecule has 0 saturated heterocycles. The van der Waals surface area contributed by atoms with Crippen molar-refractivity contribution in [2.24, 2.45) is 0 Å². The summed E-state index contributed by atoms with van der Waals surface area (Å²) < 4.78 is 5.19. The van der Waals surface area contributed by atoms with Gasteiger partial charge in [-0.2, -0.15) is 0 Å². The van der Waals surface area contributed by atoms with Crippen LogP contribution in [-0.4, -0.2) is 27.0 Å². The molecule has 2 heterocycles. The van der Waals surface area contributed by atoms with Crippen molar-refractivity contribution in [2.45, 2.75) is 5.92 Å². The minimum atomic E-state index is -0.823. The topological polar surface area (TPSA) is 141 Å². The van der Waals surface area contributed by atoms with E-state index in [1.54, 1.807) is 24.3 Å². The molecule has 0 spiro atoms. The zero-order chi connectivity index (χ0) is 18.0. The summed E-state index contributed by atoms with van der Waals surface area (Å²) in [7, 11) is 1.49. The van der Waals surface area contributed by atoms with Crippen LogP contribution >= 0.6 is 0 Å². The molecule has 2 aromatic heterocycles. The molecule has 4 N–H and O–H groups in total. The summed E-state index contributed by atoms with van der Waals surface area (Å²) in [4.78, 5) is 56.2. The number of nitrogens with one attached hydrogen (secondary N) is 4. The second-order valence-electron chi connectivity index (χ2n) is 5.26. The van der Waals surface area contributed by atoms with E-state index in [4.69, 9.17) is 4.74 Å². The van der Waals surface area contributed by atoms with Crippen LogP contribution in [-0.2, 0) is 0 Å². The van der Waals surface area contributed by atoms with Crippen LogP contribution in [0.1, 0.15) is 22.6 Å². The van der Waals surface area contributed by atoms with E-state index in [1.807, 2.05) is 0 Å². The lowest BCUT2D eigenvalue weighted by Crippen LogP contribution is -2.31. The third kappa shape index (κ3) is 3.20.